The molecule has 0 bridgehead atoms. The molecule has 3 nitrogen and oxygen atoms in total. The number of nitrogens with zero attached hydrogens (tertiary/aromatic N) is 1. The van der Waals surface area contributed by atoms with Crippen LogP contribution in [0.4, 0.5) is 18.9 Å². The van der Waals surface area contributed by atoms with E-state index in [1.165, 1.54) is 12.3 Å². The van der Waals surface area contributed by atoms with Crippen LogP contribution in [0.5, 0.6) is 0 Å². The fourth-order valence-corrected chi connectivity index (χ4v) is 3.33. The molecular weight excluding hydrogens is 377 g/mol. The van der Waals surface area contributed by atoms with Crippen molar-refractivity contribution in [2.75, 3.05) is 5.73 Å². The molecular formula is C23H15F3N2O. The third kappa shape index (κ3) is 3.45. The third-order valence-corrected chi connectivity index (χ3v) is 4.68. The van der Waals surface area contributed by atoms with Crippen LogP contribution >= 0.6 is 0 Å². The van der Waals surface area contributed by atoms with Crippen molar-refractivity contribution in [2.45, 2.75) is 6.18 Å². The van der Waals surface area contributed by atoms with Gasteiger partial charge in [0.05, 0.1) is 11.1 Å². The Morgan fingerprint density at radius 3 is 2.21 bits per heavy atom. The number of carbonyl (C=O) groups excluding carboxylic acids is 1. The number of para-hydroxylation sites is 1. The Bertz CT molecular complexity index is 1200. The molecule has 0 amide bonds. The van der Waals surface area contributed by atoms with E-state index in [0.29, 0.717) is 22.4 Å². The van der Waals surface area contributed by atoms with Crippen LogP contribution in [0.3, 0.4) is 0 Å². The summed E-state index contributed by atoms with van der Waals surface area (Å²) in [5.41, 5.74) is 6.88. The van der Waals surface area contributed by atoms with E-state index in [9.17, 15) is 18.0 Å². The molecule has 0 fully saturated rings. The second-order valence-electron chi connectivity index (χ2n) is 6.56. The van der Waals surface area contributed by atoms with Gasteiger partial charge in [0.2, 0.25) is 0 Å². The Hall–Kier alpha value is -3.67. The highest BCUT2D eigenvalue weighted by molar-refractivity contribution is 6.16. The maximum Gasteiger partial charge on any atom is 0.418 e. The Morgan fingerprint density at radius 2 is 1.55 bits per heavy atom. The summed E-state index contributed by atoms with van der Waals surface area (Å²) < 4.78 is 40.5. The standard InChI is InChI=1S/C23H15F3N2O/c24-23(25,26)19-8-4-7-17-20(14-9-11-16(27)12-10-14)18(13-28-21(17)19)22(29)15-5-2-1-3-6-15/h1-13H,27H2. The van der Waals surface area contributed by atoms with Crippen LogP contribution in [0.25, 0.3) is 22.0 Å². The molecule has 3 aromatic carbocycles. The van der Waals surface area contributed by atoms with Gasteiger partial charge in [-0.3, -0.25) is 9.78 Å². The number of hydrogen-bond acceptors (Lipinski definition) is 3. The average Bonchev–Trinajstić information content (AvgIpc) is 2.72. The van der Waals surface area contributed by atoms with E-state index < -0.39 is 11.7 Å². The van der Waals surface area contributed by atoms with Gasteiger partial charge in [-0.05, 0) is 23.8 Å². The molecule has 29 heavy (non-hydrogen) atoms. The van der Waals surface area contributed by atoms with Crippen LogP contribution in [-0.2, 0) is 6.18 Å². The van der Waals surface area contributed by atoms with Gasteiger partial charge in [0.1, 0.15) is 0 Å². The lowest BCUT2D eigenvalue weighted by Crippen LogP contribution is -2.09. The molecule has 4 aromatic rings. The SMILES string of the molecule is Nc1ccc(-c2c(C(=O)c3ccccc3)cnc3c(C(F)(F)F)cccc23)cc1. The molecule has 2 N–H and O–H groups in total. The highest BCUT2D eigenvalue weighted by Gasteiger charge is 2.34. The van der Waals surface area contributed by atoms with Crippen molar-refractivity contribution in [2.24, 2.45) is 0 Å². The molecule has 6 heteroatoms. The monoisotopic (exact) mass is 392 g/mol. The van der Waals surface area contributed by atoms with Crippen molar-refractivity contribution < 1.29 is 18.0 Å². The number of nitrogen functional groups attached to an aromatic ring is 1. The average molecular weight is 392 g/mol. The second-order valence-corrected chi connectivity index (χ2v) is 6.56. The van der Waals surface area contributed by atoms with Crippen LogP contribution < -0.4 is 5.73 Å². The molecule has 0 aliphatic rings. The van der Waals surface area contributed by atoms with Crippen molar-refractivity contribution >= 4 is 22.4 Å². The second kappa shape index (κ2) is 7.05. The van der Waals surface area contributed by atoms with Crippen LogP contribution in [0.1, 0.15) is 21.5 Å². The maximum atomic E-state index is 13.5. The molecule has 0 atom stereocenters. The van der Waals surface area contributed by atoms with Gasteiger partial charge in [-0.25, -0.2) is 0 Å². The normalized spacial score (nSPS) is 11.6. The van der Waals surface area contributed by atoms with Gasteiger partial charge in [-0.15, -0.1) is 0 Å². The van der Waals surface area contributed by atoms with Crippen LogP contribution in [-0.4, -0.2) is 10.8 Å². The van der Waals surface area contributed by atoms with Crippen LogP contribution in [0.15, 0.2) is 79.0 Å². The number of ketones is 1. The first-order valence-electron chi connectivity index (χ1n) is 8.81. The highest BCUT2D eigenvalue weighted by Crippen LogP contribution is 2.39. The quantitative estimate of drug-likeness (QED) is 0.358. The van der Waals surface area contributed by atoms with E-state index in [4.69, 9.17) is 5.73 Å². The number of fused-ring (bicyclic) bond motifs is 1. The van der Waals surface area contributed by atoms with Crippen molar-refractivity contribution in [3.63, 3.8) is 0 Å². The van der Waals surface area contributed by atoms with Crippen molar-refractivity contribution in [3.8, 4) is 11.1 Å². The van der Waals surface area contributed by atoms with Crippen molar-refractivity contribution in [1.29, 1.82) is 0 Å². The number of pyridine rings is 1. The molecule has 1 heterocycles. The van der Waals surface area contributed by atoms with Gasteiger partial charge in [-0.2, -0.15) is 13.2 Å². The highest BCUT2D eigenvalue weighted by atomic mass is 19.4. The largest absolute Gasteiger partial charge is 0.418 e. The molecule has 0 spiro atoms. The third-order valence-electron chi connectivity index (χ3n) is 4.68. The molecule has 4 rings (SSSR count). The number of anilines is 1. The Labute approximate surface area is 164 Å². The smallest absolute Gasteiger partial charge is 0.399 e. The van der Waals surface area contributed by atoms with Crippen molar-refractivity contribution in [1.82, 2.24) is 4.98 Å². The van der Waals surface area contributed by atoms with Gasteiger partial charge < -0.3 is 5.73 Å². The number of aromatic nitrogens is 1. The summed E-state index contributed by atoms with van der Waals surface area (Å²) in [6.07, 6.45) is -3.34. The number of nitrogens with two attached hydrogens (primary N) is 1. The van der Waals surface area contributed by atoms with Gasteiger partial charge in [0.15, 0.2) is 5.78 Å². The minimum absolute atomic E-state index is 0.198. The summed E-state index contributed by atoms with van der Waals surface area (Å²) in [5, 5.41) is 0.256. The van der Waals surface area contributed by atoms with E-state index in [0.717, 1.165) is 6.07 Å². The van der Waals surface area contributed by atoms with Gasteiger partial charge in [0, 0.05) is 34.0 Å². The number of benzene rings is 3. The molecule has 0 unspecified atom stereocenters. The van der Waals surface area contributed by atoms with E-state index in [-0.39, 0.29) is 22.2 Å². The van der Waals surface area contributed by atoms with E-state index in [2.05, 4.69) is 4.98 Å². The molecule has 0 radical (unpaired) electrons. The molecule has 0 aliphatic carbocycles. The molecule has 0 aliphatic heterocycles. The Balaban J connectivity index is 2.05. The number of alkyl halides is 3. The van der Waals surface area contributed by atoms with Gasteiger partial charge >= 0.3 is 6.18 Å². The molecule has 144 valence electrons. The topological polar surface area (TPSA) is 56.0 Å². The minimum atomic E-state index is -4.56. The summed E-state index contributed by atoms with van der Waals surface area (Å²) in [5.74, 6) is -0.316. The predicted molar refractivity (Wildman–Crippen MR) is 106 cm³/mol. The number of hydrogen-bond donors (Lipinski definition) is 1. The maximum absolute atomic E-state index is 13.5. The number of rotatable bonds is 3. The zero-order valence-corrected chi connectivity index (χ0v) is 15.1. The summed E-state index contributed by atoms with van der Waals surface area (Å²) in [6, 6.07) is 19.1. The molecule has 0 saturated heterocycles. The van der Waals surface area contributed by atoms with Crippen LogP contribution in [0, 0.1) is 0 Å². The molecule has 1 aromatic heterocycles. The minimum Gasteiger partial charge on any atom is -0.399 e. The van der Waals surface area contributed by atoms with E-state index in [1.807, 2.05) is 0 Å². The van der Waals surface area contributed by atoms with Gasteiger partial charge in [-0.1, -0.05) is 54.6 Å². The lowest BCUT2D eigenvalue weighted by Gasteiger charge is -2.16. The Morgan fingerprint density at radius 1 is 0.862 bits per heavy atom. The summed E-state index contributed by atoms with van der Waals surface area (Å²) >= 11 is 0. The van der Waals surface area contributed by atoms with Crippen molar-refractivity contribution in [3.05, 3.63) is 95.7 Å². The Kier molecular flexibility index (Phi) is 4.54. The lowest BCUT2D eigenvalue weighted by atomic mass is 9.91. The lowest BCUT2D eigenvalue weighted by molar-refractivity contribution is -0.136. The summed E-state index contributed by atoms with van der Waals surface area (Å²) in [4.78, 5) is 17.2. The fourth-order valence-electron chi connectivity index (χ4n) is 3.33. The summed E-state index contributed by atoms with van der Waals surface area (Å²) in [7, 11) is 0. The first-order chi connectivity index (χ1) is 13.9. The zero-order chi connectivity index (χ0) is 20.6. The first kappa shape index (κ1) is 18.7. The summed E-state index contributed by atoms with van der Waals surface area (Å²) in [6.45, 7) is 0. The predicted octanol–water partition coefficient (Wildman–Crippen LogP) is 5.73. The fraction of sp³-hybridized carbons (Fsp3) is 0.0435. The van der Waals surface area contributed by atoms with E-state index >= 15 is 0 Å². The number of carbonyl (C=O) groups is 1. The van der Waals surface area contributed by atoms with E-state index in [1.54, 1.807) is 60.7 Å². The number of halogens is 3. The van der Waals surface area contributed by atoms with Crippen LogP contribution in [0.2, 0.25) is 0 Å². The molecule has 0 saturated carbocycles. The first-order valence-corrected chi connectivity index (χ1v) is 8.81. The zero-order valence-electron chi connectivity index (χ0n) is 15.1. The van der Waals surface area contributed by atoms with Gasteiger partial charge in [0.25, 0.3) is 0 Å².